The number of hydrogen-bond donors (Lipinski definition) is 1. The van der Waals surface area contributed by atoms with E-state index in [4.69, 9.17) is 9.47 Å². The van der Waals surface area contributed by atoms with Crippen LogP contribution in [0.25, 0.3) is 0 Å². The Balaban J connectivity index is 3.46. The largest absolute Gasteiger partial charge is 0.462 e. The fourth-order valence-corrected chi connectivity index (χ4v) is 9.22. The molecular formula is C71H122O5. The predicted molar refractivity (Wildman–Crippen MR) is 334 cm³/mol. The summed E-state index contributed by atoms with van der Waals surface area (Å²) in [6, 6.07) is 0. The molecular weight excluding hydrogens is 933 g/mol. The second-order valence-electron chi connectivity index (χ2n) is 21.5. The molecule has 0 heterocycles. The van der Waals surface area contributed by atoms with E-state index >= 15 is 0 Å². The molecule has 1 N–H and O–H groups in total. The molecule has 0 aromatic heterocycles. The van der Waals surface area contributed by atoms with Crippen LogP contribution in [0.5, 0.6) is 0 Å². The first-order valence-corrected chi connectivity index (χ1v) is 32.4. The summed E-state index contributed by atoms with van der Waals surface area (Å²) in [6.45, 7) is 4.04. The summed E-state index contributed by atoms with van der Waals surface area (Å²) in [5.41, 5.74) is 0. The molecule has 5 heteroatoms. The van der Waals surface area contributed by atoms with E-state index in [1.807, 2.05) is 0 Å². The second-order valence-corrected chi connectivity index (χ2v) is 21.5. The highest BCUT2D eigenvalue weighted by atomic mass is 16.6. The molecule has 436 valence electrons. The quantitative estimate of drug-likeness (QED) is 0.0373. The number of hydrogen-bond acceptors (Lipinski definition) is 5. The third kappa shape index (κ3) is 63.1. The topological polar surface area (TPSA) is 72.8 Å². The normalized spacial score (nSPS) is 12.9. The van der Waals surface area contributed by atoms with E-state index in [9.17, 15) is 14.7 Å². The van der Waals surface area contributed by atoms with Gasteiger partial charge in [-0.1, -0.05) is 303 Å². The van der Waals surface area contributed by atoms with E-state index in [0.717, 1.165) is 89.9 Å². The number of aliphatic hydroxyl groups is 1. The number of rotatable bonds is 59. The van der Waals surface area contributed by atoms with E-state index in [0.29, 0.717) is 12.8 Å². The van der Waals surface area contributed by atoms with Crippen LogP contribution in [0.4, 0.5) is 0 Å². The molecule has 0 amide bonds. The Morgan fingerprint density at radius 1 is 0.316 bits per heavy atom. The highest BCUT2D eigenvalue weighted by Gasteiger charge is 2.16. The first-order chi connectivity index (χ1) is 37.6. The van der Waals surface area contributed by atoms with Gasteiger partial charge in [-0.15, -0.1) is 0 Å². The van der Waals surface area contributed by atoms with Crippen molar-refractivity contribution >= 4 is 11.9 Å². The summed E-state index contributed by atoms with van der Waals surface area (Å²) in [4.78, 5) is 24.6. The average Bonchev–Trinajstić information content (AvgIpc) is 3.42. The molecule has 0 aliphatic rings. The second kappa shape index (κ2) is 65.8. The van der Waals surface area contributed by atoms with Crippen LogP contribution in [0, 0.1) is 0 Å². The molecule has 0 spiro atoms. The molecule has 0 aromatic carbocycles. The Labute approximate surface area is 471 Å². The molecule has 0 saturated carbocycles. The fourth-order valence-electron chi connectivity index (χ4n) is 9.22. The number of aliphatic hydroxyl groups excluding tert-OH is 1. The maximum Gasteiger partial charge on any atom is 0.306 e. The average molecular weight is 1060 g/mol. The minimum absolute atomic E-state index is 0.0686. The SMILES string of the molecule is CC/C=C\C/C=C\C/C=C\C/C=C\C/C=C\C/C=C\C/C=C\CCCCCCCCCCCCCCCCCCCCCC(=O)OC(CO)COC(=O)CCCCCCCCCCC/C=C\C/C=C\CCCCCCC. The molecule has 1 atom stereocenters. The molecule has 0 bridgehead atoms. The minimum Gasteiger partial charge on any atom is -0.462 e. The van der Waals surface area contributed by atoms with Gasteiger partial charge in [0.2, 0.25) is 0 Å². The first kappa shape index (κ1) is 72.6. The lowest BCUT2D eigenvalue weighted by molar-refractivity contribution is -0.161. The van der Waals surface area contributed by atoms with E-state index in [1.54, 1.807) is 0 Å². The maximum atomic E-state index is 12.3. The zero-order valence-electron chi connectivity index (χ0n) is 50.0. The smallest absolute Gasteiger partial charge is 0.306 e. The van der Waals surface area contributed by atoms with Gasteiger partial charge in [-0.05, 0) is 103 Å². The maximum absolute atomic E-state index is 12.3. The Bertz CT molecular complexity index is 1470. The highest BCUT2D eigenvalue weighted by molar-refractivity contribution is 5.70. The Kier molecular flexibility index (Phi) is 62.9. The zero-order chi connectivity index (χ0) is 54.8. The van der Waals surface area contributed by atoms with Crippen molar-refractivity contribution in [3.63, 3.8) is 0 Å². The molecule has 0 radical (unpaired) electrons. The fraction of sp³-hybridized carbons (Fsp3) is 0.718. The lowest BCUT2D eigenvalue weighted by atomic mass is 10.0. The van der Waals surface area contributed by atoms with Crippen molar-refractivity contribution in [1.29, 1.82) is 0 Å². The molecule has 0 aliphatic carbocycles. The van der Waals surface area contributed by atoms with Crippen LogP contribution in [-0.2, 0) is 19.1 Å². The van der Waals surface area contributed by atoms with E-state index < -0.39 is 6.10 Å². The molecule has 0 aromatic rings. The predicted octanol–water partition coefficient (Wildman–Crippen LogP) is 22.4. The third-order valence-electron chi connectivity index (χ3n) is 14.1. The number of ether oxygens (including phenoxy) is 2. The first-order valence-electron chi connectivity index (χ1n) is 32.4. The summed E-state index contributed by atoms with van der Waals surface area (Å²) in [6.07, 6.45) is 95.2. The van der Waals surface area contributed by atoms with Gasteiger partial charge in [0.1, 0.15) is 6.61 Å². The molecule has 0 fully saturated rings. The molecule has 5 nitrogen and oxygen atoms in total. The number of carbonyl (C=O) groups excluding carboxylic acids is 2. The van der Waals surface area contributed by atoms with Crippen LogP contribution >= 0.6 is 0 Å². The highest BCUT2D eigenvalue weighted by Crippen LogP contribution is 2.17. The van der Waals surface area contributed by atoms with Gasteiger partial charge in [0.25, 0.3) is 0 Å². The Morgan fingerprint density at radius 3 is 0.855 bits per heavy atom. The van der Waals surface area contributed by atoms with Crippen LogP contribution in [0.3, 0.4) is 0 Å². The molecule has 0 saturated heterocycles. The van der Waals surface area contributed by atoms with Crippen LogP contribution in [0.15, 0.2) is 109 Å². The van der Waals surface area contributed by atoms with Crippen LogP contribution < -0.4 is 0 Å². The number of carbonyl (C=O) groups is 2. The standard InChI is InChI=1S/C71H122O5/c1-3-5-7-9-11-13-15-17-19-21-23-25-26-27-28-29-30-31-32-33-34-35-36-37-38-39-40-41-42-43-44-46-48-50-52-54-56-58-60-62-64-66-71(74)76-69(67-72)68-75-70(73)65-63-61-59-57-55-53-51-49-47-45-24-22-20-18-16-14-12-10-8-6-4-2/h5,7,11,13,16-19,22-25,27-28,30-31,33-34,69,72H,3-4,6,8-10,12,14-15,20-21,26,29,32,35-68H2,1-2H3/b7-5-,13-11-,18-16-,19-17-,24-22-,25-23-,28-27-,31-30-,34-33-. The van der Waals surface area contributed by atoms with Gasteiger partial charge in [0, 0.05) is 12.8 Å². The number of esters is 2. The lowest BCUT2D eigenvalue weighted by Gasteiger charge is -2.15. The molecule has 0 rings (SSSR count). The van der Waals surface area contributed by atoms with Crippen molar-refractivity contribution in [2.75, 3.05) is 13.2 Å². The summed E-state index contributed by atoms with van der Waals surface area (Å²) in [5.74, 6) is -0.587. The summed E-state index contributed by atoms with van der Waals surface area (Å²) >= 11 is 0. The van der Waals surface area contributed by atoms with Crippen molar-refractivity contribution in [2.45, 2.75) is 315 Å². The monoisotopic (exact) mass is 1050 g/mol. The van der Waals surface area contributed by atoms with Crippen molar-refractivity contribution < 1.29 is 24.2 Å². The molecule has 0 aliphatic heterocycles. The number of unbranched alkanes of at least 4 members (excludes halogenated alkanes) is 33. The van der Waals surface area contributed by atoms with Crippen LogP contribution in [0.2, 0.25) is 0 Å². The van der Waals surface area contributed by atoms with Gasteiger partial charge in [-0.3, -0.25) is 9.59 Å². The van der Waals surface area contributed by atoms with Crippen molar-refractivity contribution in [3.05, 3.63) is 109 Å². The van der Waals surface area contributed by atoms with Gasteiger partial charge < -0.3 is 14.6 Å². The van der Waals surface area contributed by atoms with Crippen LogP contribution in [-0.4, -0.2) is 36.4 Å². The van der Waals surface area contributed by atoms with Crippen molar-refractivity contribution in [2.24, 2.45) is 0 Å². The summed E-state index contributed by atoms with van der Waals surface area (Å²) < 4.78 is 10.7. The van der Waals surface area contributed by atoms with E-state index in [1.165, 1.54) is 193 Å². The molecule has 76 heavy (non-hydrogen) atoms. The zero-order valence-corrected chi connectivity index (χ0v) is 50.0. The molecule has 1 unspecified atom stereocenters. The van der Waals surface area contributed by atoms with Gasteiger partial charge in [0.15, 0.2) is 6.10 Å². The Morgan fingerprint density at radius 2 is 0.566 bits per heavy atom. The summed E-state index contributed by atoms with van der Waals surface area (Å²) in [5, 5.41) is 9.68. The van der Waals surface area contributed by atoms with Gasteiger partial charge in [-0.2, -0.15) is 0 Å². The van der Waals surface area contributed by atoms with Gasteiger partial charge in [0.05, 0.1) is 6.61 Å². The van der Waals surface area contributed by atoms with Gasteiger partial charge in [-0.25, -0.2) is 0 Å². The van der Waals surface area contributed by atoms with E-state index in [2.05, 4.69) is 123 Å². The van der Waals surface area contributed by atoms with Crippen molar-refractivity contribution in [3.8, 4) is 0 Å². The number of allylic oxidation sites excluding steroid dienone is 18. The summed E-state index contributed by atoms with van der Waals surface area (Å²) in [7, 11) is 0. The van der Waals surface area contributed by atoms with Crippen LogP contribution in [0.1, 0.15) is 309 Å². The van der Waals surface area contributed by atoms with E-state index in [-0.39, 0.29) is 25.2 Å². The van der Waals surface area contributed by atoms with Gasteiger partial charge >= 0.3 is 11.9 Å². The lowest BCUT2D eigenvalue weighted by Crippen LogP contribution is -2.28. The minimum atomic E-state index is -0.778. The van der Waals surface area contributed by atoms with Crippen molar-refractivity contribution in [1.82, 2.24) is 0 Å². The Hall–Kier alpha value is -3.44. The third-order valence-corrected chi connectivity index (χ3v) is 14.1.